The molecule has 8 heteroatoms. The van der Waals surface area contributed by atoms with Crippen molar-refractivity contribution in [2.45, 2.75) is 46.1 Å². The third-order valence-corrected chi connectivity index (χ3v) is 7.84. The van der Waals surface area contributed by atoms with Gasteiger partial charge in [-0.2, -0.15) is 0 Å². The molecule has 2 heterocycles. The van der Waals surface area contributed by atoms with Crippen molar-refractivity contribution in [3.63, 3.8) is 0 Å². The quantitative estimate of drug-likeness (QED) is 0.150. The van der Waals surface area contributed by atoms with Crippen molar-refractivity contribution in [1.82, 2.24) is 4.98 Å². The normalized spacial score (nSPS) is 17.0. The molecule has 1 unspecified atom stereocenters. The molecule has 1 atom stereocenters. The van der Waals surface area contributed by atoms with Gasteiger partial charge in [0.05, 0.1) is 35.0 Å². The molecule has 0 bridgehead atoms. The number of hydrogen-bond acceptors (Lipinski definition) is 7. The molecule has 3 aromatic carbocycles. The average Bonchev–Trinajstić information content (AvgIpc) is 3.46. The third-order valence-electron chi connectivity index (χ3n) is 6.82. The van der Waals surface area contributed by atoms with Gasteiger partial charge in [-0.05, 0) is 60.7 Å². The smallest absolute Gasteiger partial charge is 0.301 e. The van der Waals surface area contributed by atoms with Crippen LogP contribution < -0.4 is 14.4 Å². The summed E-state index contributed by atoms with van der Waals surface area (Å²) in [7, 11) is 0. The van der Waals surface area contributed by atoms with E-state index in [4.69, 9.17) is 14.5 Å². The summed E-state index contributed by atoms with van der Waals surface area (Å²) in [4.78, 5) is 33.3. The number of carbonyl (C=O) groups is 2. The first-order valence-electron chi connectivity index (χ1n) is 13.3. The van der Waals surface area contributed by atoms with Crippen LogP contribution in [-0.4, -0.2) is 35.0 Å². The summed E-state index contributed by atoms with van der Waals surface area (Å²) in [5.74, 6) is -0.499. The zero-order chi connectivity index (χ0) is 28.6. The van der Waals surface area contributed by atoms with Crippen molar-refractivity contribution in [3.8, 4) is 11.5 Å². The molecule has 0 radical (unpaired) electrons. The Balaban J connectivity index is 1.68. The van der Waals surface area contributed by atoms with E-state index in [-0.39, 0.29) is 16.7 Å². The summed E-state index contributed by atoms with van der Waals surface area (Å²) < 4.78 is 12.1. The number of hydrogen-bond donors (Lipinski definition) is 1. The highest BCUT2D eigenvalue weighted by Gasteiger charge is 2.48. The number of ether oxygens (including phenoxy) is 2. The Labute approximate surface area is 237 Å². The number of benzene rings is 3. The molecular weight excluding hydrogens is 524 g/mol. The van der Waals surface area contributed by atoms with Crippen molar-refractivity contribution in [2.75, 3.05) is 18.1 Å². The zero-order valence-electron chi connectivity index (χ0n) is 23.2. The Hall–Kier alpha value is -4.17. The van der Waals surface area contributed by atoms with Gasteiger partial charge in [0.15, 0.2) is 5.13 Å². The molecule has 1 aliphatic heterocycles. The van der Waals surface area contributed by atoms with E-state index in [1.165, 1.54) is 16.2 Å². The van der Waals surface area contributed by atoms with E-state index in [0.29, 0.717) is 46.5 Å². The van der Waals surface area contributed by atoms with Crippen molar-refractivity contribution < 1.29 is 24.2 Å². The molecule has 40 heavy (non-hydrogen) atoms. The summed E-state index contributed by atoms with van der Waals surface area (Å²) in [6.07, 6.45) is 0. The Morgan fingerprint density at radius 1 is 0.950 bits per heavy atom. The molecule has 206 valence electrons. The highest BCUT2D eigenvalue weighted by Crippen LogP contribution is 2.45. The lowest BCUT2D eigenvalue weighted by Gasteiger charge is -2.24. The van der Waals surface area contributed by atoms with Crippen LogP contribution in [0.1, 0.15) is 57.4 Å². The number of thiazole rings is 1. The fourth-order valence-electron chi connectivity index (χ4n) is 4.82. The lowest BCUT2D eigenvalue weighted by molar-refractivity contribution is -0.132. The van der Waals surface area contributed by atoms with E-state index in [2.05, 4.69) is 20.8 Å². The second-order valence-electron chi connectivity index (χ2n) is 10.6. The van der Waals surface area contributed by atoms with Crippen LogP contribution in [0.3, 0.4) is 0 Å². The van der Waals surface area contributed by atoms with Gasteiger partial charge < -0.3 is 14.6 Å². The van der Waals surface area contributed by atoms with E-state index in [0.717, 1.165) is 10.3 Å². The van der Waals surface area contributed by atoms with Crippen LogP contribution in [0.15, 0.2) is 72.3 Å². The number of carbonyl (C=O) groups excluding carboxylic acids is 2. The number of fused-ring (bicyclic) bond motifs is 1. The number of aromatic nitrogens is 1. The summed E-state index contributed by atoms with van der Waals surface area (Å²) in [6.45, 7) is 11.1. The van der Waals surface area contributed by atoms with Crippen LogP contribution in [0.2, 0.25) is 0 Å². The molecule has 1 N–H and O–H groups in total. The molecule has 4 aromatic rings. The Morgan fingerprint density at radius 2 is 1.62 bits per heavy atom. The largest absolute Gasteiger partial charge is 0.507 e. The van der Waals surface area contributed by atoms with Gasteiger partial charge in [0.25, 0.3) is 5.78 Å². The number of Topliss-reactive ketones (excluding diaryl/α,β-unsaturated/α-hetero) is 1. The molecular formula is C32H32N2O5S. The second-order valence-corrected chi connectivity index (χ2v) is 11.6. The molecule has 1 amide bonds. The summed E-state index contributed by atoms with van der Waals surface area (Å²) in [5, 5.41) is 11.9. The van der Waals surface area contributed by atoms with Gasteiger partial charge in [-0.3, -0.25) is 14.5 Å². The standard InChI is InChI=1S/C32H32N2O5S/c1-6-38-22-10-8-9-20(17-22)28(35)26-27(19-11-13-21(14-12-19)32(3,4)5)34(30(37)29(26)36)31-33-24-16-15-23(39-7-2)18-25(24)40-31/h8-18,27,35H,6-7H2,1-5H3. The van der Waals surface area contributed by atoms with Crippen LogP contribution >= 0.6 is 11.3 Å². The van der Waals surface area contributed by atoms with Crippen molar-refractivity contribution in [2.24, 2.45) is 0 Å². The molecule has 7 nitrogen and oxygen atoms in total. The maximum Gasteiger partial charge on any atom is 0.301 e. The highest BCUT2D eigenvalue weighted by molar-refractivity contribution is 7.22. The van der Waals surface area contributed by atoms with E-state index in [9.17, 15) is 14.7 Å². The van der Waals surface area contributed by atoms with E-state index < -0.39 is 17.7 Å². The predicted octanol–water partition coefficient (Wildman–Crippen LogP) is 7.02. The summed E-state index contributed by atoms with van der Waals surface area (Å²) >= 11 is 1.30. The maximum absolute atomic E-state index is 13.6. The zero-order valence-corrected chi connectivity index (χ0v) is 24.0. The van der Waals surface area contributed by atoms with Crippen molar-refractivity contribution in [1.29, 1.82) is 0 Å². The first-order valence-corrected chi connectivity index (χ1v) is 14.1. The first-order chi connectivity index (χ1) is 19.1. The van der Waals surface area contributed by atoms with Gasteiger partial charge in [0.1, 0.15) is 17.3 Å². The molecule has 1 aromatic heterocycles. The second kappa shape index (κ2) is 10.8. The summed E-state index contributed by atoms with van der Waals surface area (Å²) in [5.41, 5.74) is 2.83. The molecule has 0 saturated carbocycles. The number of amides is 1. The minimum absolute atomic E-state index is 0.0106. The molecule has 1 saturated heterocycles. The number of aliphatic hydroxyl groups excluding tert-OH is 1. The van der Waals surface area contributed by atoms with Gasteiger partial charge in [0, 0.05) is 5.56 Å². The average molecular weight is 557 g/mol. The van der Waals surface area contributed by atoms with Gasteiger partial charge in [-0.1, -0.05) is 68.5 Å². The van der Waals surface area contributed by atoms with Crippen LogP contribution in [0.5, 0.6) is 11.5 Å². The number of ketones is 1. The van der Waals surface area contributed by atoms with Crippen molar-refractivity contribution >= 4 is 44.1 Å². The van der Waals surface area contributed by atoms with Gasteiger partial charge in [-0.15, -0.1) is 0 Å². The number of rotatable bonds is 7. The first kappa shape index (κ1) is 27.4. The van der Waals surface area contributed by atoms with E-state index in [1.807, 2.05) is 56.3 Å². The maximum atomic E-state index is 13.6. The third kappa shape index (κ3) is 5.07. The van der Waals surface area contributed by atoms with Gasteiger partial charge in [0.2, 0.25) is 0 Å². The van der Waals surface area contributed by atoms with Crippen LogP contribution in [-0.2, 0) is 15.0 Å². The lowest BCUT2D eigenvalue weighted by atomic mass is 9.85. The number of nitrogens with zero attached hydrogens (tertiary/aromatic N) is 2. The van der Waals surface area contributed by atoms with Crippen LogP contribution in [0, 0.1) is 0 Å². The van der Waals surface area contributed by atoms with E-state index >= 15 is 0 Å². The lowest BCUT2D eigenvalue weighted by Crippen LogP contribution is -2.29. The SMILES string of the molecule is CCOc1cccc(C(O)=C2C(=O)C(=O)N(c3nc4ccc(OCC)cc4s3)C2c2ccc(C(C)(C)C)cc2)c1. The fraction of sp³-hybridized carbons (Fsp3) is 0.281. The van der Waals surface area contributed by atoms with Crippen LogP contribution in [0.25, 0.3) is 16.0 Å². The van der Waals surface area contributed by atoms with Crippen molar-refractivity contribution in [3.05, 3.63) is 89.0 Å². The number of aliphatic hydroxyl groups is 1. The molecule has 1 aliphatic rings. The number of anilines is 1. The topological polar surface area (TPSA) is 89.0 Å². The molecule has 0 aliphatic carbocycles. The molecule has 0 spiro atoms. The predicted molar refractivity (Wildman–Crippen MR) is 158 cm³/mol. The summed E-state index contributed by atoms with van der Waals surface area (Å²) in [6, 6.07) is 19.4. The minimum atomic E-state index is -0.864. The minimum Gasteiger partial charge on any atom is -0.507 e. The van der Waals surface area contributed by atoms with E-state index in [1.54, 1.807) is 24.3 Å². The highest BCUT2D eigenvalue weighted by atomic mass is 32.1. The molecule has 1 fully saturated rings. The molecule has 5 rings (SSSR count). The Morgan fingerprint density at radius 3 is 2.27 bits per heavy atom. The van der Waals surface area contributed by atoms with Gasteiger partial charge >= 0.3 is 5.91 Å². The van der Waals surface area contributed by atoms with Gasteiger partial charge in [-0.25, -0.2) is 4.98 Å². The Kier molecular flexibility index (Phi) is 7.38. The monoisotopic (exact) mass is 556 g/mol. The Bertz CT molecular complexity index is 1610. The van der Waals surface area contributed by atoms with Crippen LogP contribution in [0.4, 0.5) is 5.13 Å². The fourth-order valence-corrected chi connectivity index (χ4v) is 5.84.